The molecule has 0 heterocycles. The zero-order valence-corrected chi connectivity index (χ0v) is 12.4. The summed E-state index contributed by atoms with van der Waals surface area (Å²) in [5, 5.41) is 0. The van der Waals surface area contributed by atoms with Gasteiger partial charge in [-0.2, -0.15) is 13.2 Å². The van der Waals surface area contributed by atoms with E-state index >= 15 is 0 Å². The number of halogens is 3. The molecule has 0 saturated carbocycles. The normalized spacial score (nSPS) is 11.7. The third kappa shape index (κ3) is 4.25. The molecule has 2 aromatic carbocycles. The summed E-state index contributed by atoms with van der Waals surface area (Å²) in [6.07, 6.45) is -3.92. The molecule has 0 saturated heterocycles. The van der Waals surface area contributed by atoms with Gasteiger partial charge in [0.15, 0.2) is 0 Å². The van der Waals surface area contributed by atoms with Crippen LogP contribution < -0.4 is 5.73 Å². The molecule has 5 heteroatoms. The van der Waals surface area contributed by atoms with Crippen molar-refractivity contribution in [1.29, 1.82) is 0 Å². The Hall–Kier alpha value is -1.46. The first-order valence-corrected chi connectivity index (χ1v) is 7.36. The highest BCUT2D eigenvalue weighted by Crippen LogP contribution is 2.40. The molecule has 0 aliphatic heterocycles. The molecule has 21 heavy (non-hydrogen) atoms. The summed E-state index contributed by atoms with van der Waals surface area (Å²) >= 11 is 1.13. The Labute approximate surface area is 126 Å². The molecule has 0 bridgehead atoms. The Bertz CT molecular complexity index is 606. The lowest BCUT2D eigenvalue weighted by atomic mass is 10.1. The van der Waals surface area contributed by atoms with Crippen molar-refractivity contribution >= 4 is 11.8 Å². The second-order valence-corrected chi connectivity index (χ2v) is 5.90. The van der Waals surface area contributed by atoms with E-state index in [-0.39, 0.29) is 4.90 Å². The first-order valence-electron chi connectivity index (χ1n) is 6.55. The monoisotopic (exact) mass is 311 g/mol. The lowest BCUT2D eigenvalue weighted by molar-refractivity contribution is -0.139. The summed E-state index contributed by atoms with van der Waals surface area (Å²) in [6, 6.07) is 11.9. The van der Waals surface area contributed by atoms with Gasteiger partial charge in [-0.05, 0) is 49.7 Å². The average molecular weight is 311 g/mol. The van der Waals surface area contributed by atoms with E-state index in [9.17, 15) is 13.2 Å². The van der Waals surface area contributed by atoms with Crippen LogP contribution in [0, 0.1) is 6.92 Å². The van der Waals surface area contributed by atoms with Crippen LogP contribution in [0.1, 0.15) is 16.7 Å². The van der Waals surface area contributed by atoms with Gasteiger partial charge in [0.25, 0.3) is 0 Å². The van der Waals surface area contributed by atoms with Crippen LogP contribution in [0.25, 0.3) is 0 Å². The highest BCUT2D eigenvalue weighted by molar-refractivity contribution is 7.99. The molecule has 0 fully saturated rings. The number of hydrogen-bond acceptors (Lipinski definition) is 2. The van der Waals surface area contributed by atoms with Crippen molar-refractivity contribution in [1.82, 2.24) is 0 Å². The van der Waals surface area contributed by atoms with E-state index in [0.29, 0.717) is 18.5 Å². The summed E-state index contributed by atoms with van der Waals surface area (Å²) in [4.78, 5) is 1.00. The maximum Gasteiger partial charge on any atom is 0.417 e. The van der Waals surface area contributed by atoms with E-state index in [1.165, 1.54) is 12.1 Å². The number of benzene rings is 2. The summed E-state index contributed by atoms with van der Waals surface area (Å²) in [6.45, 7) is 2.28. The molecule has 1 nitrogen and oxygen atoms in total. The molecular formula is C16H16F3NS. The van der Waals surface area contributed by atoms with Gasteiger partial charge in [-0.3, -0.25) is 0 Å². The maximum atomic E-state index is 13.2. The third-order valence-electron chi connectivity index (χ3n) is 3.03. The van der Waals surface area contributed by atoms with Crippen LogP contribution in [0.4, 0.5) is 13.2 Å². The fourth-order valence-electron chi connectivity index (χ4n) is 1.94. The van der Waals surface area contributed by atoms with Gasteiger partial charge >= 0.3 is 6.18 Å². The van der Waals surface area contributed by atoms with Crippen molar-refractivity contribution in [3.05, 3.63) is 59.2 Å². The Kier molecular flexibility index (Phi) is 4.96. The van der Waals surface area contributed by atoms with Gasteiger partial charge in [-0.1, -0.05) is 35.5 Å². The minimum absolute atomic E-state index is 0.215. The van der Waals surface area contributed by atoms with Gasteiger partial charge in [0, 0.05) is 9.79 Å². The Balaban J connectivity index is 2.35. The third-order valence-corrected chi connectivity index (χ3v) is 4.11. The molecule has 2 aromatic rings. The first kappa shape index (κ1) is 15.9. The van der Waals surface area contributed by atoms with Crippen LogP contribution in [0.15, 0.2) is 52.3 Å². The lowest BCUT2D eigenvalue weighted by Crippen LogP contribution is -2.09. The molecule has 0 aromatic heterocycles. The summed E-state index contributed by atoms with van der Waals surface area (Å²) < 4.78 is 39.6. The minimum Gasteiger partial charge on any atom is -0.330 e. The molecule has 0 radical (unpaired) electrons. The molecule has 0 aliphatic carbocycles. The fraction of sp³-hybridized carbons (Fsp3) is 0.250. The average Bonchev–Trinajstić information content (AvgIpc) is 2.42. The van der Waals surface area contributed by atoms with Crippen LogP contribution in [0.3, 0.4) is 0 Å². The molecule has 0 atom stereocenters. The maximum absolute atomic E-state index is 13.2. The van der Waals surface area contributed by atoms with E-state index in [4.69, 9.17) is 5.73 Å². The first-order chi connectivity index (χ1) is 9.90. The minimum atomic E-state index is -4.36. The number of alkyl halides is 3. The molecule has 0 aliphatic rings. The Morgan fingerprint density at radius 3 is 2.29 bits per heavy atom. The quantitative estimate of drug-likeness (QED) is 0.888. The van der Waals surface area contributed by atoms with Gasteiger partial charge in [0.1, 0.15) is 0 Å². The molecular weight excluding hydrogens is 295 g/mol. The molecule has 0 spiro atoms. The second kappa shape index (κ2) is 6.54. The zero-order valence-electron chi connectivity index (χ0n) is 11.6. The van der Waals surface area contributed by atoms with Crippen molar-refractivity contribution in [3.8, 4) is 0 Å². The lowest BCUT2D eigenvalue weighted by Gasteiger charge is -2.14. The van der Waals surface area contributed by atoms with Crippen LogP contribution >= 0.6 is 11.8 Å². The van der Waals surface area contributed by atoms with Gasteiger partial charge < -0.3 is 5.73 Å². The van der Waals surface area contributed by atoms with E-state index in [0.717, 1.165) is 22.2 Å². The van der Waals surface area contributed by atoms with Crippen LogP contribution in [0.2, 0.25) is 0 Å². The highest BCUT2D eigenvalue weighted by atomic mass is 32.2. The van der Waals surface area contributed by atoms with Gasteiger partial charge in [-0.15, -0.1) is 0 Å². The Morgan fingerprint density at radius 2 is 1.71 bits per heavy atom. The van der Waals surface area contributed by atoms with Crippen LogP contribution in [-0.2, 0) is 12.6 Å². The van der Waals surface area contributed by atoms with Gasteiger partial charge in [-0.25, -0.2) is 0 Å². The SMILES string of the molecule is Cc1ccc(Sc2ccc(CCN)cc2C(F)(F)F)cc1. The standard InChI is InChI=1S/C16H16F3NS/c1-11-2-5-13(6-3-11)21-15-7-4-12(8-9-20)10-14(15)16(17,18)19/h2-7,10H,8-9,20H2,1H3. The van der Waals surface area contributed by atoms with E-state index < -0.39 is 11.7 Å². The topological polar surface area (TPSA) is 26.0 Å². The number of nitrogens with two attached hydrogens (primary N) is 1. The van der Waals surface area contributed by atoms with Crippen molar-refractivity contribution < 1.29 is 13.2 Å². The van der Waals surface area contributed by atoms with Gasteiger partial charge in [0.2, 0.25) is 0 Å². The fourth-order valence-corrected chi connectivity index (χ4v) is 2.89. The van der Waals surface area contributed by atoms with Gasteiger partial charge in [0.05, 0.1) is 5.56 Å². The molecule has 0 unspecified atom stereocenters. The summed E-state index contributed by atoms with van der Waals surface area (Å²) in [5.41, 5.74) is 6.50. The second-order valence-electron chi connectivity index (χ2n) is 4.78. The predicted molar refractivity (Wildman–Crippen MR) is 79.5 cm³/mol. The van der Waals surface area contributed by atoms with E-state index in [1.807, 2.05) is 31.2 Å². The smallest absolute Gasteiger partial charge is 0.330 e. The van der Waals surface area contributed by atoms with E-state index in [1.54, 1.807) is 6.07 Å². The predicted octanol–water partition coefficient (Wildman–Crippen LogP) is 4.67. The van der Waals surface area contributed by atoms with Crippen molar-refractivity contribution in [2.75, 3.05) is 6.54 Å². The zero-order chi connectivity index (χ0) is 15.5. The number of aryl methyl sites for hydroxylation is 1. The Morgan fingerprint density at radius 1 is 1.05 bits per heavy atom. The van der Waals surface area contributed by atoms with Crippen molar-refractivity contribution in [2.24, 2.45) is 5.73 Å². The largest absolute Gasteiger partial charge is 0.417 e. The van der Waals surface area contributed by atoms with E-state index in [2.05, 4.69) is 0 Å². The molecule has 0 amide bonds. The molecule has 2 N–H and O–H groups in total. The van der Waals surface area contributed by atoms with Crippen molar-refractivity contribution in [2.45, 2.75) is 29.3 Å². The van der Waals surface area contributed by atoms with Crippen LogP contribution in [0.5, 0.6) is 0 Å². The number of hydrogen-bond donors (Lipinski definition) is 1. The number of rotatable bonds is 4. The van der Waals surface area contributed by atoms with Crippen LogP contribution in [-0.4, -0.2) is 6.54 Å². The summed E-state index contributed by atoms with van der Waals surface area (Å²) in [7, 11) is 0. The molecule has 112 valence electrons. The molecule has 2 rings (SSSR count). The summed E-state index contributed by atoms with van der Waals surface area (Å²) in [5.74, 6) is 0. The van der Waals surface area contributed by atoms with Crippen molar-refractivity contribution in [3.63, 3.8) is 0 Å². The highest BCUT2D eigenvalue weighted by Gasteiger charge is 2.33.